The predicted molar refractivity (Wildman–Crippen MR) is 71.6 cm³/mol. The molecular weight excluding hydrogens is 213 g/mol. The summed E-state index contributed by atoms with van der Waals surface area (Å²) in [7, 11) is 0. The molecule has 2 heteroatoms. The molecule has 0 aromatic heterocycles. The maximum atomic E-state index is 13.1. The number of aryl methyl sites for hydroxylation is 1. The van der Waals surface area contributed by atoms with Gasteiger partial charge in [-0.1, -0.05) is 39.8 Å². The van der Waals surface area contributed by atoms with Gasteiger partial charge in [-0.2, -0.15) is 0 Å². The van der Waals surface area contributed by atoms with Gasteiger partial charge in [-0.15, -0.1) is 0 Å². The number of hydrogen-bond donors (Lipinski definition) is 1. The summed E-state index contributed by atoms with van der Waals surface area (Å²) in [5.41, 5.74) is 1.32. The summed E-state index contributed by atoms with van der Waals surface area (Å²) in [5, 5.41) is 3.51. The molecule has 0 bridgehead atoms. The molecule has 96 valence electrons. The molecule has 0 radical (unpaired) electrons. The van der Waals surface area contributed by atoms with E-state index >= 15 is 0 Å². The van der Waals surface area contributed by atoms with Crippen molar-refractivity contribution in [3.05, 3.63) is 35.6 Å². The summed E-state index contributed by atoms with van der Waals surface area (Å²) in [4.78, 5) is 0. The monoisotopic (exact) mass is 237 g/mol. The quantitative estimate of drug-likeness (QED) is 0.821. The van der Waals surface area contributed by atoms with Crippen LogP contribution in [0.25, 0.3) is 0 Å². The summed E-state index contributed by atoms with van der Waals surface area (Å²) in [6.45, 7) is 9.83. The summed E-state index contributed by atoms with van der Waals surface area (Å²) in [5.74, 6) is -0.141. The molecule has 1 rings (SSSR count). The van der Waals surface area contributed by atoms with Gasteiger partial charge in [0.15, 0.2) is 0 Å². The van der Waals surface area contributed by atoms with Gasteiger partial charge in [0.1, 0.15) is 5.82 Å². The van der Waals surface area contributed by atoms with E-state index in [0.29, 0.717) is 6.04 Å². The van der Waals surface area contributed by atoms with Crippen molar-refractivity contribution >= 4 is 0 Å². The van der Waals surface area contributed by atoms with Gasteiger partial charge in [0.25, 0.3) is 0 Å². The summed E-state index contributed by atoms with van der Waals surface area (Å²) >= 11 is 0. The van der Waals surface area contributed by atoms with Gasteiger partial charge < -0.3 is 5.32 Å². The fourth-order valence-electron chi connectivity index (χ4n) is 2.09. The van der Waals surface area contributed by atoms with Crippen LogP contribution < -0.4 is 5.32 Å². The summed E-state index contributed by atoms with van der Waals surface area (Å²) in [6.07, 6.45) is 1.97. The molecule has 0 aliphatic carbocycles. The highest BCUT2D eigenvalue weighted by Crippen LogP contribution is 2.23. The molecule has 1 unspecified atom stereocenters. The molecule has 1 nitrogen and oxygen atoms in total. The SMILES string of the molecule is CCNC(CCc1cccc(F)c1)C(C)(C)C. The van der Waals surface area contributed by atoms with E-state index in [2.05, 4.69) is 33.0 Å². The minimum Gasteiger partial charge on any atom is -0.314 e. The Balaban J connectivity index is 2.58. The molecule has 0 amide bonds. The van der Waals surface area contributed by atoms with Crippen LogP contribution in [-0.2, 0) is 6.42 Å². The van der Waals surface area contributed by atoms with Gasteiger partial charge in [0.2, 0.25) is 0 Å². The van der Waals surface area contributed by atoms with Crippen LogP contribution in [0.5, 0.6) is 0 Å². The van der Waals surface area contributed by atoms with Crippen LogP contribution in [0.4, 0.5) is 4.39 Å². The summed E-state index contributed by atoms with van der Waals surface area (Å²) in [6, 6.07) is 7.37. The number of benzene rings is 1. The first-order chi connectivity index (χ1) is 7.93. The zero-order valence-corrected chi connectivity index (χ0v) is 11.4. The van der Waals surface area contributed by atoms with Crippen molar-refractivity contribution in [2.24, 2.45) is 5.41 Å². The number of hydrogen-bond acceptors (Lipinski definition) is 1. The summed E-state index contributed by atoms with van der Waals surface area (Å²) < 4.78 is 13.1. The minimum atomic E-state index is -0.141. The lowest BCUT2D eigenvalue weighted by Gasteiger charge is -2.31. The second kappa shape index (κ2) is 6.15. The van der Waals surface area contributed by atoms with Crippen molar-refractivity contribution in [2.45, 2.75) is 46.6 Å². The molecule has 0 fully saturated rings. The third-order valence-electron chi connectivity index (χ3n) is 3.11. The van der Waals surface area contributed by atoms with Gasteiger partial charge in [-0.3, -0.25) is 0 Å². The Morgan fingerprint density at radius 2 is 2.00 bits per heavy atom. The topological polar surface area (TPSA) is 12.0 Å². The van der Waals surface area contributed by atoms with Gasteiger partial charge in [0, 0.05) is 6.04 Å². The van der Waals surface area contributed by atoms with E-state index in [-0.39, 0.29) is 11.2 Å². The normalized spacial score (nSPS) is 13.7. The van der Waals surface area contributed by atoms with E-state index in [1.807, 2.05) is 6.07 Å². The van der Waals surface area contributed by atoms with Gasteiger partial charge >= 0.3 is 0 Å². The van der Waals surface area contributed by atoms with E-state index in [0.717, 1.165) is 24.9 Å². The standard InChI is InChI=1S/C15H24FN/c1-5-17-14(15(2,3)4)10-9-12-7-6-8-13(16)11-12/h6-8,11,14,17H,5,9-10H2,1-4H3. The molecule has 1 aromatic rings. The van der Waals surface area contributed by atoms with E-state index in [4.69, 9.17) is 0 Å². The number of rotatable bonds is 5. The molecule has 1 aromatic carbocycles. The first kappa shape index (κ1) is 14.2. The first-order valence-corrected chi connectivity index (χ1v) is 6.41. The predicted octanol–water partition coefficient (Wildman–Crippen LogP) is 3.78. The van der Waals surface area contributed by atoms with Crippen molar-refractivity contribution in [2.75, 3.05) is 6.54 Å². The average Bonchev–Trinajstić information content (AvgIpc) is 2.22. The maximum absolute atomic E-state index is 13.1. The Hall–Kier alpha value is -0.890. The first-order valence-electron chi connectivity index (χ1n) is 6.41. The van der Waals surface area contributed by atoms with Gasteiger partial charge in [-0.05, 0) is 42.5 Å². The number of halogens is 1. The molecular formula is C15H24FN. The largest absolute Gasteiger partial charge is 0.314 e. The molecule has 0 heterocycles. The zero-order chi connectivity index (χ0) is 12.9. The van der Waals surface area contributed by atoms with E-state index in [9.17, 15) is 4.39 Å². The van der Waals surface area contributed by atoms with Crippen molar-refractivity contribution < 1.29 is 4.39 Å². The van der Waals surface area contributed by atoms with Crippen LogP contribution >= 0.6 is 0 Å². The van der Waals surface area contributed by atoms with Crippen LogP contribution in [0, 0.1) is 11.2 Å². The lowest BCUT2D eigenvalue weighted by molar-refractivity contribution is 0.258. The van der Waals surface area contributed by atoms with E-state index < -0.39 is 0 Å². The molecule has 0 aliphatic rings. The Morgan fingerprint density at radius 1 is 1.29 bits per heavy atom. The van der Waals surface area contributed by atoms with Crippen molar-refractivity contribution in [3.63, 3.8) is 0 Å². The van der Waals surface area contributed by atoms with Gasteiger partial charge in [0.05, 0.1) is 0 Å². The van der Waals surface area contributed by atoms with Crippen molar-refractivity contribution in [1.82, 2.24) is 5.32 Å². The highest BCUT2D eigenvalue weighted by atomic mass is 19.1. The molecule has 17 heavy (non-hydrogen) atoms. The molecule has 0 aliphatic heterocycles. The Kier molecular flexibility index (Phi) is 5.13. The Labute approximate surface area is 104 Å². The lowest BCUT2D eigenvalue weighted by atomic mass is 9.83. The van der Waals surface area contributed by atoms with Crippen LogP contribution in [0.2, 0.25) is 0 Å². The second-order valence-corrected chi connectivity index (χ2v) is 5.64. The van der Waals surface area contributed by atoms with Gasteiger partial charge in [-0.25, -0.2) is 4.39 Å². The highest BCUT2D eigenvalue weighted by molar-refractivity contribution is 5.16. The van der Waals surface area contributed by atoms with E-state index in [1.54, 1.807) is 12.1 Å². The van der Waals surface area contributed by atoms with Crippen LogP contribution in [0.1, 0.15) is 39.7 Å². The third-order valence-corrected chi connectivity index (χ3v) is 3.11. The molecule has 0 spiro atoms. The maximum Gasteiger partial charge on any atom is 0.123 e. The average molecular weight is 237 g/mol. The van der Waals surface area contributed by atoms with Crippen LogP contribution in [0.15, 0.2) is 24.3 Å². The highest BCUT2D eigenvalue weighted by Gasteiger charge is 2.23. The fraction of sp³-hybridized carbons (Fsp3) is 0.600. The molecule has 0 saturated carbocycles. The van der Waals surface area contributed by atoms with Crippen molar-refractivity contribution in [1.29, 1.82) is 0 Å². The molecule has 1 atom stereocenters. The Bertz CT molecular complexity index is 341. The second-order valence-electron chi connectivity index (χ2n) is 5.64. The van der Waals surface area contributed by atoms with Crippen LogP contribution in [0.3, 0.4) is 0 Å². The number of nitrogens with one attached hydrogen (secondary N) is 1. The lowest BCUT2D eigenvalue weighted by Crippen LogP contribution is -2.40. The minimum absolute atomic E-state index is 0.141. The molecule has 1 N–H and O–H groups in total. The van der Waals surface area contributed by atoms with E-state index in [1.165, 1.54) is 6.07 Å². The smallest absolute Gasteiger partial charge is 0.123 e. The third kappa shape index (κ3) is 4.86. The molecule has 0 saturated heterocycles. The Morgan fingerprint density at radius 3 is 2.53 bits per heavy atom. The fourth-order valence-corrected chi connectivity index (χ4v) is 2.09. The zero-order valence-electron chi connectivity index (χ0n) is 11.4. The van der Waals surface area contributed by atoms with Crippen LogP contribution in [-0.4, -0.2) is 12.6 Å². The van der Waals surface area contributed by atoms with Crippen molar-refractivity contribution in [3.8, 4) is 0 Å².